The van der Waals surface area contributed by atoms with E-state index < -0.39 is 6.18 Å². The van der Waals surface area contributed by atoms with Crippen molar-refractivity contribution in [2.24, 2.45) is 5.92 Å². The first-order valence-corrected chi connectivity index (χ1v) is 3.98. The second-order valence-electron chi connectivity index (χ2n) is 3.57. The lowest BCUT2D eigenvalue weighted by molar-refractivity contribution is -0.0958. The minimum atomic E-state index is -4.15. The molecule has 0 fully saturated rings. The Balaban J connectivity index is 4.60. The van der Waals surface area contributed by atoms with Crippen LogP contribution in [0.1, 0.15) is 34.1 Å². The molecule has 0 atom stereocenters. The van der Waals surface area contributed by atoms with Gasteiger partial charge in [0.1, 0.15) is 0 Å². The molecule has 72 valence electrons. The molecule has 0 aromatic heterocycles. The summed E-state index contributed by atoms with van der Waals surface area (Å²) in [6.45, 7) is 6.58. The van der Waals surface area contributed by atoms with Gasteiger partial charge >= 0.3 is 6.18 Å². The van der Waals surface area contributed by atoms with Crippen LogP contribution in [0.4, 0.5) is 13.2 Å². The molecule has 0 aliphatic carbocycles. The van der Waals surface area contributed by atoms with Crippen molar-refractivity contribution < 1.29 is 13.2 Å². The van der Waals surface area contributed by atoms with Gasteiger partial charge in [-0.15, -0.1) is 0 Å². The van der Waals surface area contributed by atoms with Crippen molar-refractivity contribution in [1.29, 1.82) is 0 Å². The second-order valence-corrected chi connectivity index (χ2v) is 3.57. The van der Waals surface area contributed by atoms with Crippen molar-refractivity contribution in [2.45, 2.75) is 40.3 Å². The van der Waals surface area contributed by atoms with E-state index in [4.69, 9.17) is 0 Å². The molecule has 0 bridgehead atoms. The molecule has 0 aromatic rings. The summed E-state index contributed by atoms with van der Waals surface area (Å²) >= 11 is 0. The van der Waals surface area contributed by atoms with E-state index in [0.29, 0.717) is 5.57 Å². The van der Waals surface area contributed by atoms with Crippen molar-refractivity contribution in [3.8, 4) is 0 Å². The first-order chi connectivity index (χ1) is 5.25. The molecule has 0 aliphatic heterocycles. The zero-order valence-corrected chi connectivity index (χ0v) is 7.92. The highest BCUT2D eigenvalue weighted by Crippen LogP contribution is 2.32. The second kappa shape index (κ2) is 3.97. The highest BCUT2D eigenvalue weighted by molar-refractivity contribution is 5.15. The molecule has 0 unspecified atom stereocenters. The molecule has 0 amide bonds. The fourth-order valence-corrected chi connectivity index (χ4v) is 1.01. The fourth-order valence-electron chi connectivity index (χ4n) is 1.01. The van der Waals surface area contributed by atoms with E-state index in [-0.39, 0.29) is 17.9 Å². The molecule has 0 N–H and O–H groups in total. The van der Waals surface area contributed by atoms with Gasteiger partial charge in [-0.3, -0.25) is 0 Å². The summed E-state index contributed by atoms with van der Waals surface area (Å²) in [7, 11) is 0. The van der Waals surface area contributed by atoms with Crippen LogP contribution in [0, 0.1) is 5.92 Å². The van der Waals surface area contributed by atoms with Gasteiger partial charge in [0.05, 0.1) is 0 Å². The number of allylic oxidation sites excluding steroid dienone is 2. The summed E-state index contributed by atoms with van der Waals surface area (Å²) in [4.78, 5) is 0. The van der Waals surface area contributed by atoms with Crippen molar-refractivity contribution in [3.63, 3.8) is 0 Å². The van der Waals surface area contributed by atoms with E-state index in [2.05, 4.69) is 0 Å². The van der Waals surface area contributed by atoms with Gasteiger partial charge in [-0.05, 0) is 26.2 Å². The first kappa shape index (κ1) is 11.5. The molecule has 0 spiro atoms. The van der Waals surface area contributed by atoms with Gasteiger partial charge in [0, 0.05) is 5.57 Å². The maximum atomic E-state index is 12.3. The third-order valence-corrected chi connectivity index (χ3v) is 1.56. The molecule has 0 aromatic carbocycles. The predicted molar refractivity (Wildman–Crippen MR) is 43.9 cm³/mol. The Labute approximate surface area is 71.5 Å². The van der Waals surface area contributed by atoms with Crippen LogP contribution in [0.5, 0.6) is 0 Å². The molecule has 0 rings (SSSR count). The van der Waals surface area contributed by atoms with Gasteiger partial charge in [-0.1, -0.05) is 19.4 Å². The topological polar surface area (TPSA) is 0 Å². The molecule has 0 aliphatic rings. The number of halogens is 3. The Hall–Kier alpha value is -0.470. The van der Waals surface area contributed by atoms with Crippen LogP contribution in [0.15, 0.2) is 11.1 Å². The van der Waals surface area contributed by atoms with Gasteiger partial charge in [0.25, 0.3) is 0 Å². The van der Waals surface area contributed by atoms with E-state index in [1.807, 2.05) is 0 Å². The van der Waals surface area contributed by atoms with Crippen molar-refractivity contribution in [1.82, 2.24) is 0 Å². The summed E-state index contributed by atoms with van der Waals surface area (Å²) in [5.74, 6) is 0.0523. The zero-order chi connectivity index (χ0) is 9.94. The zero-order valence-electron chi connectivity index (χ0n) is 7.92. The molecule has 0 saturated heterocycles. The highest BCUT2D eigenvalue weighted by atomic mass is 19.4. The molecule has 0 nitrogen and oxygen atoms in total. The Morgan fingerprint density at radius 3 is 1.67 bits per heavy atom. The molecular weight excluding hydrogens is 165 g/mol. The third-order valence-electron chi connectivity index (χ3n) is 1.56. The van der Waals surface area contributed by atoms with Crippen molar-refractivity contribution >= 4 is 0 Å². The monoisotopic (exact) mass is 180 g/mol. The first-order valence-electron chi connectivity index (χ1n) is 3.98. The fraction of sp³-hybridized carbons (Fsp3) is 0.778. The molecule has 12 heavy (non-hydrogen) atoms. The number of hydrogen-bond donors (Lipinski definition) is 0. The summed E-state index contributed by atoms with van der Waals surface area (Å²) in [5.41, 5.74) is -0.00583. The Bertz CT molecular complexity index is 171. The van der Waals surface area contributed by atoms with Crippen LogP contribution in [0.25, 0.3) is 0 Å². The smallest absolute Gasteiger partial charge is 0.166 e. The van der Waals surface area contributed by atoms with E-state index in [9.17, 15) is 13.2 Å². The number of alkyl halides is 3. The van der Waals surface area contributed by atoms with Crippen LogP contribution in [-0.4, -0.2) is 6.18 Å². The largest absolute Gasteiger partial charge is 0.412 e. The van der Waals surface area contributed by atoms with Gasteiger partial charge < -0.3 is 0 Å². The van der Waals surface area contributed by atoms with Gasteiger partial charge in [0.2, 0.25) is 0 Å². The quantitative estimate of drug-likeness (QED) is 0.565. The van der Waals surface area contributed by atoms with Crippen LogP contribution >= 0.6 is 0 Å². The lowest BCUT2D eigenvalue weighted by Gasteiger charge is -2.15. The van der Waals surface area contributed by atoms with Gasteiger partial charge in [-0.2, -0.15) is 13.2 Å². The maximum absolute atomic E-state index is 12.3. The Kier molecular flexibility index (Phi) is 3.81. The Morgan fingerprint density at radius 2 is 1.58 bits per heavy atom. The SMILES string of the molecule is CC(C)=C(CC(C)C)C(F)(F)F. The van der Waals surface area contributed by atoms with E-state index >= 15 is 0 Å². The van der Waals surface area contributed by atoms with E-state index in [0.717, 1.165) is 0 Å². The molecule has 3 heteroatoms. The summed E-state index contributed by atoms with van der Waals surface area (Å²) in [6, 6.07) is 0. The lowest BCUT2D eigenvalue weighted by Crippen LogP contribution is -2.15. The van der Waals surface area contributed by atoms with Crippen LogP contribution < -0.4 is 0 Å². The molecule has 0 radical (unpaired) electrons. The Morgan fingerprint density at radius 1 is 1.17 bits per heavy atom. The highest BCUT2D eigenvalue weighted by Gasteiger charge is 2.34. The molecule has 0 saturated carbocycles. The minimum absolute atomic E-state index is 0.0523. The van der Waals surface area contributed by atoms with Crippen LogP contribution in [0.3, 0.4) is 0 Å². The van der Waals surface area contributed by atoms with E-state index in [1.165, 1.54) is 13.8 Å². The van der Waals surface area contributed by atoms with Crippen molar-refractivity contribution in [2.75, 3.05) is 0 Å². The predicted octanol–water partition coefficient (Wildman–Crippen LogP) is 3.93. The molecule has 0 heterocycles. The van der Waals surface area contributed by atoms with E-state index in [1.54, 1.807) is 13.8 Å². The lowest BCUT2D eigenvalue weighted by atomic mass is 9.99. The normalized spacial score (nSPS) is 12.0. The van der Waals surface area contributed by atoms with Crippen molar-refractivity contribution in [3.05, 3.63) is 11.1 Å². The molecular formula is C9H15F3. The summed E-state index contributed by atoms with van der Waals surface area (Å²) in [5, 5.41) is 0. The maximum Gasteiger partial charge on any atom is 0.412 e. The summed E-state index contributed by atoms with van der Waals surface area (Å²) in [6.07, 6.45) is -4.03. The minimum Gasteiger partial charge on any atom is -0.166 e. The number of rotatable bonds is 2. The van der Waals surface area contributed by atoms with Gasteiger partial charge in [0.15, 0.2) is 0 Å². The average molecular weight is 180 g/mol. The summed E-state index contributed by atoms with van der Waals surface area (Å²) < 4.78 is 36.8. The van der Waals surface area contributed by atoms with Gasteiger partial charge in [-0.25, -0.2) is 0 Å². The van der Waals surface area contributed by atoms with Crippen LogP contribution in [0.2, 0.25) is 0 Å². The average Bonchev–Trinajstić information content (AvgIpc) is 1.79. The van der Waals surface area contributed by atoms with Crippen LogP contribution in [-0.2, 0) is 0 Å². The third kappa shape index (κ3) is 3.79. The standard InChI is InChI=1S/C9H15F3/c1-6(2)5-8(7(3)4)9(10,11)12/h6H,5H2,1-4H3. The number of hydrogen-bond acceptors (Lipinski definition) is 0.